The van der Waals surface area contributed by atoms with Crippen LogP contribution < -0.4 is 0 Å². The van der Waals surface area contributed by atoms with Gasteiger partial charge in [0.1, 0.15) is 0 Å². The predicted molar refractivity (Wildman–Crippen MR) is 96.1 cm³/mol. The largest absolute Gasteiger partial charge is 0.0622 e. The van der Waals surface area contributed by atoms with Crippen LogP contribution in [0, 0.1) is 6.92 Å². The Hall–Kier alpha value is -2.34. The zero-order valence-electron chi connectivity index (χ0n) is 13.5. The molecule has 0 nitrogen and oxygen atoms in total. The quantitative estimate of drug-likeness (QED) is 0.519. The van der Waals surface area contributed by atoms with Crippen LogP contribution in [0.25, 0.3) is 22.3 Å². The van der Waals surface area contributed by atoms with E-state index in [9.17, 15) is 0 Å². The van der Waals surface area contributed by atoms with Gasteiger partial charge in [0.25, 0.3) is 0 Å². The first kappa shape index (κ1) is 14.6. The summed E-state index contributed by atoms with van der Waals surface area (Å²) >= 11 is 0. The van der Waals surface area contributed by atoms with Gasteiger partial charge in [-0.25, -0.2) is 0 Å². The van der Waals surface area contributed by atoms with Crippen molar-refractivity contribution in [2.45, 2.75) is 26.7 Å². The highest BCUT2D eigenvalue weighted by Gasteiger charge is 2.09. The van der Waals surface area contributed by atoms with Crippen LogP contribution in [-0.2, 0) is 0 Å². The summed E-state index contributed by atoms with van der Waals surface area (Å²) in [6, 6.07) is 26.2. The van der Waals surface area contributed by atoms with Gasteiger partial charge in [0.05, 0.1) is 0 Å². The Morgan fingerprint density at radius 2 is 1.32 bits per heavy atom. The van der Waals surface area contributed by atoms with Crippen LogP contribution in [0.15, 0.2) is 72.8 Å². The Labute approximate surface area is 133 Å². The Morgan fingerprint density at radius 1 is 0.636 bits per heavy atom. The van der Waals surface area contributed by atoms with Crippen molar-refractivity contribution < 1.29 is 0 Å². The minimum Gasteiger partial charge on any atom is -0.0622 e. The van der Waals surface area contributed by atoms with Gasteiger partial charge in [-0.3, -0.25) is 0 Å². The molecule has 110 valence electrons. The van der Waals surface area contributed by atoms with Crippen molar-refractivity contribution in [1.82, 2.24) is 0 Å². The number of rotatable bonds is 3. The molecule has 3 aromatic carbocycles. The van der Waals surface area contributed by atoms with Gasteiger partial charge in [0, 0.05) is 0 Å². The maximum atomic E-state index is 2.31. The summed E-state index contributed by atoms with van der Waals surface area (Å²) in [5.41, 5.74) is 7.93. The van der Waals surface area contributed by atoms with Crippen LogP contribution >= 0.6 is 0 Å². The predicted octanol–water partition coefficient (Wildman–Crippen LogP) is 6.45. The Balaban J connectivity index is 2.10. The molecule has 0 aliphatic carbocycles. The topological polar surface area (TPSA) is 0 Å². The Bertz CT molecular complexity index is 767. The van der Waals surface area contributed by atoms with Gasteiger partial charge in [-0.2, -0.15) is 0 Å². The molecule has 0 atom stereocenters. The van der Waals surface area contributed by atoms with Gasteiger partial charge in [-0.1, -0.05) is 86.1 Å². The third-order valence-electron chi connectivity index (χ3n) is 4.11. The summed E-state index contributed by atoms with van der Waals surface area (Å²) in [6.45, 7) is 6.69. The van der Waals surface area contributed by atoms with Crippen molar-refractivity contribution in [3.05, 3.63) is 83.9 Å². The minimum absolute atomic E-state index is 0.523. The maximum absolute atomic E-state index is 2.31. The zero-order chi connectivity index (χ0) is 15.5. The summed E-state index contributed by atoms with van der Waals surface area (Å²) < 4.78 is 0. The van der Waals surface area contributed by atoms with Gasteiger partial charge in [0.2, 0.25) is 0 Å². The molecule has 0 heteroatoms. The van der Waals surface area contributed by atoms with Gasteiger partial charge < -0.3 is 0 Å². The van der Waals surface area contributed by atoms with Gasteiger partial charge in [0.15, 0.2) is 0 Å². The second-order valence-corrected chi connectivity index (χ2v) is 6.19. The van der Waals surface area contributed by atoms with Crippen LogP contribution in [0.4, 0.5) is 0 Å². The third-order valence-corrected chi connectivity index (χ3v) is 4.11. The average Bonchev–Trinajstić information content (AvgIpc) is 2.55. The van der Waals surface area contributed by atoms with E-state index in [0.29, 0.717) is 5.92 Å². The lowest BCUT2D eigenvalue weighted by Gasteiger charge is -2.15. The highest BCUT2D eigenvalue weighted by molar-refractivity contribution is 5.75. The summed E-state index contributed by atoms with van der Waals surface area (Å²) in [5.74, 6) is 0.523. The second kappa shape index (κ2) is 6.19. The SMILES string of the molecule is Cc1ccc(-c2cccc(-c3ccccc3)c2)c(C(C)C)c1. The number of hydrogen-bond donors (Lipinski definition) is 0. The van der Waals surface area contributed by atoms with Gasteiger partial charge >= 0.3 is 0 Å². The van der Waals surface area contributed by atoms with E-state index in [0.717, 1.165) is 0 Å². The van der Waals surface area contributed by atoms with Crippen LogP contribution in [0.1, 0.15) is 30.9 Å². The average molecular weight is 286 g/mol. The van der Waals surface area contributed by atoms with E-state index in [2.05, 4.69) is 93.6 Å². The fourth-order valence-electron chi connectivity index (χ4n) is 2.92. The minimum atomic E-state index is 0.523. The molecule has 0 saturated carbocycles. The number of aryl methyl sites for hydroxylation is 1. The van der Waals surface area contributed by atoms with Crippen LogP contribution in [0.3, 0.4) is 0 Å². The van der Waals surface area contributed by atoms with E-state index in [-0.39, 0.29) is 0 Å². The lowest BCUT2D eigenvalue weighted by atomic mass is 9.90. The Morgan fingerprint density at radius 3 is 2.05 bits per heavy atom. The number of benzene rings is 3. The molecule has 0 spiro atoms. The van der Waals surface area contributed by atoms with Crippen molar-refractivity contribution in [2.75, 3.05) is 0 Å². The van der Waals surface area contributed by atoms with Gasteiger partial charge in [-0.15, -0.1) is 0 Å². The first-order valence-corrected chi connectivity index (χ1v) is 7.91. The van der Waals surface area contributed by atoms with E-state index >= 15 is 0 Å². The molecular formula is C22H22. The van der Waals surface area contributed by atoms with E-state index in [1.807, 2.05) is 0 Å². The van der Waals surface area contributed by atoms with Crippen molar-refractivity contribution in [1.29, 1.82) is 0 Å². The fraction of sp³-hybridized carbons (Fsp3) is 0.182. The van der Waals surface area contributed by atoms with Gasteiger partial charge in [-0.05, 0) is 46.7 Å². The van der Waals surface area contributed by atoms with Crippen molar-refractivity contribution in [3.63, 3.8) is 0 Å². The molecule has 0 N–H and O–H groups in total. The molecule has 0 aliphatic heterocycles. The van der Waals surface area contributed by atoms with Crippen LogP contribution in [0.5, 0.6) is 0 Å². The van der Waals surface area contributed by atoms with E-state index in [1.165, 1.54) is 33.4 Å². The third kappa shape index (κ3) is 2.96. The molecule has 3 aromatic rings. The first-order chi connectivity index (χ1) is 10.6. The monoisotopic (exact) mass is 286 g/mol. The lowest BCUT2D eigenvalue weighted by Crippen LogP contribution is -1.93. The molecule has 0 unspecified atom stereocenters. The van der Waals surface area contributed by atoms with Crippen molar-refractivity contribution in [3.8, 4) is 22.3 Å². The molecule has 0 fully saturated rings. The molecule has 0 heterocycles. The van der Waals surface area contributed by atoms with E-state index < -0.39 is 0 Å². The first-order valence-electron chi connectivity index (χ1n) is 7.91. The second-order valence-electron chi connectivity index (χ2n) is 6.19. The van der Waals surface area contributed by atoms with E-state index in [1.54, 1.807) is 0 Å². The molecule has 0 radical (unpaired) electrons. The van der Waals surface area contributed by atoms with Crippen LogP contribution in [0.2, 0.25) is 0 Å². The zero-order valence-corrected chi connectivity index (χ0v) is 13.5. The molecule has 0 aromatic heterocycles. The highest BCUT2D eigenvalue weighted by Crippen LogP contribution is 2.32. The standard InChI is InChI=1S/C22H22/c1-16(2)22-14-17(3)12-13-21(22)20-11-7-10-19(15-20)18-8-5-4-6-9-18/h4-16H,1-3H3. The molecule has 0 aliphatic rings. The summed E-state index contributed by atoms with van der Waals surface area (Å²) in [6.07, 6.45) is 0. The molecule has 0 saturated heterocycles. The number of hydrogen-bond acceptors (Lipinski definition) is 0. The molecule has 0 bridgehead atoms. The Kier molecular flexibility index (Phi) is 4.11. The van der Waals surface area contributed by atoms with Crippen molar-refractivity contribution in [2.24, 2.45) is 0 Å². The lowest BCUT2D eigenvalue weighted by molar-refractivity contribution is 0.867. The van der Waals surface area contributed by atoms with Crippen molar-refractivity contribution >= 4 is 0 Å². The summed E-state index contributed by atoms with van der Waals surface area (Å²) in [5, 5.41) is 0. The normalized spacial score (nSPS) is 10.9. The molecule has 3 rings (SSSR count). The highest BCUT2D eigenvalue weighted by atomic mass is 14.1. The molecular weight excluding hydrogens is 264 g/mol. The smallest absolute Gasteiger partial charge is 0.0149 e. The van der Waals surface area contributed by atoms with Crippen LogP contribution in [-0.4, -0.2) is 0 Å². The maximum Gasteiger partial charge on any atom is -0.0149 e. The van der Waals surface area contributed by atoms with E-state index in [4.69, 9.17) is 0 Å². The summed E-state index contributed by atoms with van der Waals surface area (Å²) in [4.78, 5) is 0. The molecule has 0 amide bonds. The molecule has 22 heavy (non-hydrogen) atoms. The fourth-order valence-corrected chi connectivity index (χ4v) is 2.92. The summed E-state index contributed by atoms with van der Waals surface area (Å²) in [7, 11) is 0.